The van der Waals surface area contributed by atoms with Crippen LogP contribution in [0.15, 0.2) is 60.2 Å². The molecule has 0 radical (unpaired) electrons. The Bertz CT molecular complexity index is 771. The monoisotopic (exact) mass is 383 g/mol. The molecule has 144 valence electrons. The van der Waals surface area contributed by atoms with Crippen LogP contribution >= 0.6 is 11.6 Å². The van der Waals surface area contributed by atoms with Crippen LogP contribution in [0, 0.1) is 5.92 Å². The van der Waals surface area contributed by atoms with Crippen molar-refractivity contribution >= 4 is 17.7 Å². The standard InChI is InChI=1S/C24H30ClNO/c1-26(2)18-22-13-7-6-12-21(15-19-9-4-3-5-10-19)24(22,27)17-20-11-8-14-23(25)16-20/h3-5,8-11,14-16,22,27H,6-7,12-13,17-18H2,1-2H3. The van der Waals surface area contributed by atoms with E-state index in [1.54, 1.807) is 0 Å². The molecule has 2 unspecified atom stereocenters. The Morgan fingerprint density at radius 3 is 2.59 bits per heavy atom. The summed E-state index contributed by atoms with van der Waals surface area (Å²) < 4.78 is 0. The first-order valence-electron chi connectivity index (χ1n) is 9.85. The number of aliphatic hydroxyl groups is 1. The summed E-state index contributed by atoms with van der Waals surface area (Å²) in [7, 11) is 4.18. The Hall–Kier alpha value is -1.61. The van der Waals surface area contributed by atoms with E-state index in [9.17, 15) is 5.11 Å². The molecule has 2 aromatic carbocycles. The quantitative estimate of drug-likeness (QED) is 0.694. The molecule has 1 saturated carbocycles. The molecule has 3 heteroatoms. The van der Waals surface area contributed by atoms with Crippen LogP contribution in [0.2, 0.25) is 5.02 Å². The van der Waals surface area contributed by atoms with Crippen LogP contribution in [0.25, 0.3) is 6.08 Å². The van der Waals surface area contributed by atoms with Gasteiger partial charge in [0, 0.05) is 23.9 Å². The third-order valence-corrected chi connectivity index (χ3v) is 5.80. The highest BCUT2D eigenvalue weighted by Gasteiger charge is 2.41. The van der Waals surface area contributed by atoms with E-state index in [-0.39, 0.29) is 5.92 Å². The number of rotatable bonds is 5. The third-order valence-electron chi connectivity index (χ3n) is 5.57. The van der Waals surface area contributed by atoms with Crippen LogP contribution in [0.5, 0.6) is 0 Å². The Morgan fingerprint density at radius 1 is 1.11 bits per heavy atom. The minimum absolute atomic E-state index is 0.198. The summed E-state index contributed by atoms with van der Waals surface area (Å²) in [6, 6.07) is 18.3. The van der Waals surface area contributed by atoms with Gasteiger partial charge in [-0.15, -0.1) is 0 Å². The van der Waals surface area contributed by atoms with Gasteiger partial charge in [0.1, 0.15) is 0 Å². The first-order valence-corrected chi connectivity index (χ1v) is 10.2. The maximum absolute atomic E-state index is 12.1. The van der Waals surface area contributed by atoms with E-state index in [4.69, 9.17) is 11.6 Å². The summed E-state index contributed by atoms with van der Waals surface area (Å²) >= 11 is 6.22. The van der Waals surface area contributed by atoms with Gasteiger partial charge in [0.15, 0.2) is 0 Å². The number of nitrogens with zero attached hydrogens (tertiary/aromatic N) is 1. The average Bonchev–Trinajstić information content (AvgIpc) is 2.76. The largest absolute Gasteiger partial charge is 0.385 e. The summed E-state index contributed by atoms with van der Waals surface area (Å²) in [4.78, 5) is 2.19. The highest BCUT2D eigenvalue weighted by Crippen LogP contribution is 2.40. The maximum Gasteiger partial charge on any atom is 0.0940 e. The van der Waals surface area contributed by atoms with Gasteiger partial charge >= 0.3 is 0 Å². The fourth-order valence-corrected chi connectivity index (χ4v) is 4.48. The van der Waals surface area contributed by atoms with Crippen molar-refractivity contribution in [1.82, 2.24) is 4.90 Å². The third kappa shape index (κ3) is 5.22. The van der Waals surface area contributed by atoms with Crippen LogP contribution in [-0.2, 0) is 6.42 Å². The van der Waals surface area contributed by atoms with Gasteiger partial charge < -0.3 is 10.0 Å². The topological polar surface area (TPSA) is 23.5 Å². The van der Waals surface area contributed by atoms with Gasteiger partial charge in [-0.05, 0) is 62.2 Å². The molecule has 1 N–H and O–H groups in total. The lowest BCUT2D eigenvalue weighted by molar-refractivity contribution is 0.00517. The summed E-state index contributed by atoms with van der Waals surface area (Å²) in [5, 5.41) is 12.8. The minimum Gasteiger partial charge on any atom is -0.385 e. The summed E-state index contributed by atoms with van der Waals surface area (Å²) in [5.74, 6) is 0.198. The van der Waals surface area contributed by atoms with Crippen LogP contribution in [0.3, 0.4) is 0 Å². The zero-order valence-electron chi connectivity index (χ0n) is 16.4. The highest BCUT2D eigenvalue weighted by atomic mass is 35.5. The molecule has 0 saturated heterocycles. The molecule has 2 atom stereocenters. The number of benzene rings is 2. The highest BCUT2D eigenvalue weighted by molar-refractivity contribution is 6.30. The zero-order chi connectivity index (χ0) is 19.3. The molecule has 2 nitrogen and oxygen atoms in total. The molecule has 0 heterocycles. The second-order valence-corrected chi connectivity index (χ2v) is 8.45. The van der Waals surface area contributed by atoms with Crippen LogP contribution in [0.4, 0.5) is 0 Å². The van der Waals surface area contributed by atoms with E-state index in [2.05, 4.69) is 55.4 Å². The zero-order valence-corrected chi connectivity index (χ0v) is 17.1. The minimum atomic E-state index is -0.860. The van der Waals surface area contributed by atoms with Gasteiger partial charge in [0.2, 0.25) is 0 Å². The van der Waals surface area contributed by atoms with Gasteiger partial charge in [-0.1, -0.05) is 66.6 Å². The van der Waals surface area contributed by atoms with E-state index in [0.29, 0.717) is 6.42 Å². The van der Waals surface area contributed by atoms with Crippen molar-refractivity contribution in [3.8, 4) is 0 Å². The molecule has 1 aliphatic carbocycles. The summed E-state index contributed by atoms with van der Waals surface area (Å²) in [6.07, 6.45) is 7.07. The summed E-state index contributed by atoms with van der Waals surface area (Å²) in [5.41, 5.74) is 2.54. The van der Waals surface area contributed by atoms with E-state index in [1.807, 2.05) is 24.3 Å². The molecule has 0 amide bonds. The van der Waals surface area contributed by atoms with Gasteiger partial charge in [0.25, 0.3) is 0 Å². The predicted molar refractivity (Wildman–Crippen MR) is 115 cm³/mol. The number of hydrogen-bond donors (Lipinski definition) is 1. The predicted octanol–water partition coefficient (Wildman–Crippen LogP) is 5.45. The van der Waals surface area contributed by atoms with Crippen LogP contribution in [0.1, 0.15) is 36.8 Å². The second-order valence-electron chi connectivity index (χ2n) is 8.02. The summed E-state index contributed by atoms with van der Waals surface area (Å²) in [6.45, 7) is 0.878. The fourth-order valence-electron chi connectivity index (χ4n) is 4.27. The van der Waals surface area contributed by atoms with Crippen molar-refractivity contribution < 1.29 is 5.11 Å². The number of hydrogen-bond acceptors (Lipinski definition) is 2. The van der Waals surface area contributed by atoms with Crippen molar-refractivity contribution in [3.63, 3.8) is 0 Å². The van der Waals surface area contributed by atoms with Crippen molar-refractivity contribution in [3.05, 3.63) is 76.3 Å². The molecule has 0 aromatic heterocycles. The first kappa shape index (κ1) is 20.1. The lowest BCUT2D eigenvalue weighted by Crippen LogP contribution is -2.45. The lowest BCUT2D eigenvalue weighted by atomic mass is 9.75. The molecule has 0 aliphatic heterocycles. The van der Waals surface area contributed by atoms with E-state index >= 15 is 0 Å². The maximum atomic E-state index is 12.1. The van der Waals surface area contributed by atoms with E-state index < -0.39 is 5.60 Å². The number of halogens is 1. The van der Waals surface area contributed by atoms with Gasteiger partial charge in [-0.3, -0.25) is 0 Å². The van der Waals surface area contributed by atoms with Crippen LogP contribution in [-0.4, -0.2) is 36.2 Å². The first-order chi connectivity index (χ1) is 13.0. The Balaban J connectivity index is 2.03. The molecule has 0 spiro atoms. The molecule has 1 fully saturated rings. The molecule has 3 rings (SSSR count). The van der Waals surface area contributed by atoms with Gasteiger partial charge in [0.05, 0.1) is 5.60 Å². The van der Waals surface area contributed by atoms with Crippen molar-refractivity contribution in [2.45, 2.75) is 37.7 Å². The van der Waals surface area contributed by atoms with Gasteiger partial charge in [-0.25, -0.2) is 0 Å². The van der Waals surface area contributed by atoms with Crippen molar-refractivity contribution in [2.75, 3.05) is 20.6 Å². The Morgan fingerprint density at radius 2 is 1.89 bits per heavy atom. The van der Waals surface area contributed by atoms with E-state index in [0.717, 1.165) is 54.0 Å². The molecule has 27 heavy (non-hydrogen) atoms. The second kappa shape index (κ2) is 9.05. The molecular weight excluding hydrogens is 354 g/mol. The van der Waals surface area contributed by atoms with Crippen molar-refractivity contribution in [1.29, 1.82) is 0 Å². The average molecular weight is 384 g/mol. The fraction of sp³-hybridized carbons (Fsp3) is 0.417. The smallest absolute Gasteiger partial charge is 0.0940 e. The van der Waals surface area contributed by atoms with Crippen LogP contribution < -0.4 is 0 Å². The molecule has 1 aliphatic rings. The Kier molecular flexibility index (Phi) is 6.75. The molecule has 2 aromatic rings. The molecule has 0 bridgehead atoms. The van der Waals surface area contributed by atoms with Gasteiger partial charge in [-0.2, -0.15) is 0 Å². The van der Waals surface area contributed by atoms with Crippen molar-refractivity contribution in [2.24, 2.45) is 5.92 Å². The SMILES string of the molecule is CN(C)CC1CCCCC(=Cc2ccccc2)C1(O)Cc1cccc(Cl)c1. The van der Waals surface area contributed by atoms with E-state index in [1.165, 1.54) is 0 Å². The molecular formula is C24H30ClNO. The Labute approximate surface area is 168 Å². The normalized spacial score (nSPS) is 24.9. The lowest BCUT2D eigenvalue weighted by Gasteiger charge is -2.39.